The predicted molar refractivity (Wildman–Crippen MR) is 126 cm³/mol. The molecule has 16 heteroatoms. The Balaban J connectivity index is 1.58. The molecule has 2 unspecified atom stereocenters. The van der Waals surface area contributed by atoms with Crippen LogP contribution >= 0.6 is 0 Å². The van der Waals surface area contributed by atoms with Crippen LogP contribution in [0.5, 0.6) is 0 Å². The lowest BCUT2D eigenvalue weighted by molar-refractivity contribution is -0.342. The van der Waals surface area contributed by atoms with Crippen LogP contribution in [-0.2, 0) is 23.9 Å². The van der Waals surface area contributed by atoms with E-state index in [-0.39, 0.29) is 18.9 Å². The molecule has 4 fully saturated rings. The second-order valence-corrected chi connectivity index (χ2v) is 12.6. The number of nitrogens with one attached hydrogen (secondary N) is 3. The van der Waals surface area contributed by atoms with Gasteiger partial charge in [0.2, 0.25) is 17.7 Å². The first-order valence-electron chi connectivity index (χ1n) is 13.0. The van der Waals surface area contributed by atoms with Gasteiger partial charge in [-0.1, -0.05) is 13.8 Å². The van der Waals surface area contributed by atoms with Crippen LogP contribution in [-0.4, -0.2) is 77.4 Å². The van der Waals surface area contributed by atoms with Crippen LogP contribution in [0.15, 0.2) is 0 Å². The third-order valence-corrected chi connectivity index (χ3v) is 9.49. The fourth-order valence-electron chi connectivity index (χ4n) is 7.40. The Bertz CT molecular complexity index is 1210. The zero-order valence-electron chi connectivity index (χ0n) is 22.9. The average Bonchev–Trinajstić information content (AvgIpc) is 3.45. The molecule has 0 radical (unpaired) electrons. The molecule has 3 N–H and O–H groups in total. The van der Waals surface area contributed by atoms with Crippen LogP contribution in [0.4, 0.5) is 26.3 Å². The topological polar surface area (TPSA) is 141 Å². The summed E-state index contributed by atoms with van der Waals surface area (Å²) in [5, 5.41) is 16.3. The number of likely N-dealkylation sites (tertiary alicyclic amines) is 1. The van der Waals surface area contributed by atoms with Crippen LogP contribution < -0.4 is 16.0 Å². The number of hydrogen-bond acceptors (Lipinski definition) is 6. The van der Waals surface area contributed by atoms with Gasteiger partial charge in [0.05, 0.1) is 12.2 Å². The van der Waals surface area contributed by atoms with Gasteiger partial charge in [0.15, 0.2) is 0 Å². The molecule has 0 bridgehead atoms. The summed E-state index contributed by atoms with van der Waals surface area (Å²) in [6, 6.07) is -3.01. The molecule has 0 aromatic heterocycles. The number of ether oxygens (including phenoxy) is 1. The van der Waals surface area contributed by atoms with Crippen molar-refractivity contribution >= 4 is 23.6 Å². The largest absolute Gasteiger partial charge is 0.522 e. The smallest absolute Gasteiger partial charge is 0.351 e. The van der Waals surface area contributed by atoms with Gasteiger partial charge in [-0.05, 0) is 45.4 Å². The van der Waals surface area contributed by atoms with E-state index in [2.05, 4.69) is 15.4 Å². The van der Waals surface area contributed by atoms with Crippen LogP contribution in [0.25, 0.3) is 0 Å². The normalized spacial score (nSPS) is 32.9. The Labute approximate surface area is 231 Å². The van der Waals surface area contributed by atoms with Gasteiger partial charge in [0.1, 0.15) is 18.1 Å². The van der Waals surface area contributed by atoms with Crippen molar-refractivity contribution in [3.05, 3.63) is 0 Å². The van der Waals surface area contributed by atoms with Crippen molar-refractivity contribution in [3.8, 4) is 6.07 Å². The highest BCUT2D eigenvalue weighted by atomic mass is 19.4. The highest BCUT2D eigenvalue weighted by molar-refractivity contribution is 5.96. The maximum absolute atomic E-state index is 13.6. The second kappa shape index (κ2) is 9.20. The fourth-order valence-corrected chi connectivity index (χ4v) is 7.40. The third-order valence-electron chi connectivity index (χ3n) is 9.49. The average molecular weight is 596 g/mol. The number of piperidine rings is 2. The van der Waals surface area contributed by atoms with Gasteiger partial charge in [0.25, 0.3) is 0 Å². The molecule has 0 aromatic carbocycles. The number of rotatable bonds is 8. The van der Waals surface area contributed by atoms with Gasteiger partial charge in [-0.2, -0.15) is 18.4 Å². The lowest BCUT2D eigenvalue weighted by Gasteiger charge is -2.41. The van der Waals surface area contributed by atoms with Crippen molar-refractivity contribution in [1.29, 1.82) is 5.26 Å². The summed E-state index contributed by atoms with van der Waals surface area (Å²) in [5.74, 6) is -5.71. The monoisotopic (exact) mass is 595 g/mol. The van der Waals surface area contributed by atoms with Crippen molar-refractivity contribution in [2.75, 3.05) is 6.54 Å². The summed E-state index contributed by atoms with van der Waals surface area (Å²) in [5.41, 5.74) is -2.40. The Morgan fingerprint density at radius 3 is 2.22 bits per heavy atom. The van der Waals surface area contributed by atoms with E-state index in [1.54, 1.807) is 13.8 Å². The zero-order valence-corrected chi connectivity index (χ0v) is 22.9. The molecule has 10 nitrogen and oxygen atoms in total. The molecule has 2 saturated carbocycles. The number of nitrogens with zero attached hydrogens (tertiary/aromatic N) is 2. The molecule has 2 heterocycles. The van der Waals surface area contributed by atoms with Gasteiger partial charge >= 0.3 is 18.4 Å². The molecule has 2 aliphatic heterocycles. The van der Waals surface area contributed by atoms with E-state index in [1.807, 2.05) is 19.9 Å². The van der Waals surface area contributed by atoms with E-state index in [4.69, 9.17) is 0 Å². The van der Waals surface area contributed by atoms with Crippen molar-refractivity contribution in [2.24, 2.45) is 22.2 Å². The third kappa shape index (κ3) is 4.89. The van der Waals surface area contributed by atoms with Crippen LogP contribution in [0.3, 0.4) is 0 Å². The van der Waals surface area contributed by atoms with E-state index in [0.29, 0.717) is 19.8 Å². The minimum absolute atomic E-state index is 0.0412. The van der Waals surface area contributed by atoms with Crippen molar-refractivity contribution in [1.82, 2.24) is 20.9 Å². The molecular weight excluding hydrogens is 564 g/mol. The van der Waals surface area contributed by atoms with Gasteiger partial charge in [0, 0.05) is 28.8 Å². The standard InChI is InChI=1S/C25H31F6N5O5/c1-11(41-25(29,30)31)14(34-19(40)24(26,27)28)18(39)36-10-22-9-23(22,21(22,4)5)15(36)17(38)33-13(8-32)6-12-7-20(2,3)35-16(12)37/h11-15H,6-7,9-10H2,1-5H3,(H,33,38)(H,34,40)(H,35,37)/t11-,12-,13+,14+,15-,22?,23?/m1/s1. The van der Waals surface area contributed by atoms with Gasteiger partial charge < -0.3 is 20.9 Å². The van der Waals surface area contributed by atoms with Gasteiger partial charge in [-0.25, -0.2) is 0 Å². The Morgan fingerprint density at radius 2 is 1.76 bits per heavy atom. The first-order valence-corrected chi connectivity index (χ1v) is 13.0. The summed E-state index contributed by atoms with van der Waals surface area (Å²) in [6.45, 7) is 7.80. The minimum atomic E-state index is -5.51. The van der Waals surface area contributed by atoms with Crippen LogP contribution in [0.1, 0.15) is 53.9 Å². The summed E-state index contributed by atoms with van der Waals surface area (Å²) in [4.78, 5) is 52.0. The Hall–Kier alpha value is -3.09. The first kappa shape index (κ1) is 30.9. The molecule has 7 atom stereocenters. The Kier molecular flexibility index (Phi) is 6.93. The Morgan fingerprint density at radius 1 is 1.15 bits per heavy atom. The maximum atomic E-state index is 13.6. The number of hydrogen-bond donors (Lipinski definition) is 3. The lowest BCUT2D eigenvalue weighted by Crippen LogP contribution is -2.63. The molecule has 228 valence electrons. The molecule has 4 rings (SSSR count). The molecule has 41 heavy (non-hydrogen) atoms. The molecule has 0 aromatic rings. The fraction of sp³-hybridized carbons (Fsp3) is 0.800. The highest BCUT2D eigenvalue weighted by Gasteiger charge is 3.02. The summed E-state index contributed by atoms with van der Waals surface area (Å²) < 4.78 is 81.6. The number of carbonyl (C=O) groups is 4. The quantitative estimate of drug-likeness (QED) is 0.366. The number of nitriles is 1. The van der Waals surface area contributed by atoms with E-state index in [9.17, 15) is 50.8 Å². The van der Waals surface area contributed by atoms with Crippen molar-refractivity contribution in [3.63, 3.8) is 0 Å². The van der Waals surface area contributed by atoms with E-state index >= 15 is 0 Å². The zero-order chi connectivity index (χ0) is 31.1. The van der Waals surface area contributed by atoms with Crippen molar-refractivity contribution in [2.45, 2.75) is 96.2 Å². The number of carbonyl (C=O) groups excluding carboxylic acids is 4. The maximum Gasteiger partial charge on any atom is 0.522 e. The van der Waals surface area contributed by atoms with Crippen molar-refractivity contribution < 1.29 is 50.3 Å². The molecule has 4 amide bonds. The number of alkyl halides is 6. The summed E-state index contributed by atoms with van der Waals surface area (Å²) >= 11 is 0. The molecular formula is C25H31F6N5O5. The highest BCUT2D eigenvalue weighted by Crippen LogP contribution is 3.00. The molecule has 4 aliphatic rings. The molecule has 0 spiro atoms. The first-order chi connectivity index (χ1) is 18.5. The van der Waals surface area contributed by atoms with E-state index in [0.717, 1.165) is 4.90 Å². The number of amides is 4. The second-order valence-electron chi connectivity index (χ2n) is 12.6. The predicted octanol–water partition coefficient (Wildman–Crippen LogP) is 1.90. The minimum Gasteiger partial charge on any atom is -0.351 e. The SMILES string of the molecule is C[C@@H](OC(F)(F)F)[C@H](NC(=O)C(F)(F)F)C(=O)N1CC23CC2([C@H]1C(=O)N[C@H](C#N)C[C@@H]1CC(C)(C)NC1=O)C3(C)C. The lowest BCUT2D eigenvalue weighted by atomic mass is 9.80. The molecule has 2 aliphatic carbocycles. The molecule has 2 saturated heterocycles. The summed E-state index contributed by atoms with van der Waals surface area (Å²) in [7, 11) is 0. The van der Waals surface area contributed by atoms with E-state index in [1.165, 1.54) is 5.32 Å². The van der Waals surface area contributed by atoms with Crippen LogP contribution in [0, 0.1) is 33.5 Å². The number of halogens is 6. The van der Waals surface area contributed by atoms with E-state index < -0.39 is 82.2 Å². The summed E-state index contributed by atoms with van der Waals surface area (Å²) in [6.07, 6.45) is -12.3. The van der Waals surface area contributed by atoms with Crippen LogP contribution in [0.2, 0.25) is 0 Å². The van der Waals surface area contributed by atoms with Gasteiger partial charge in [-0.15, -0.1) is 13.2 Å². The van der Waals surface area contributed by atoms with Gasteiger partial charge in [-0.3, -0.25) is 23.9 Å².